The molecule has 0 spiro atoms. The van der Waals surface area contributed by atoms with Crippen LogP contribution >= 0.6 is 11.3 Å². The molecule has 2 aromatic carbocycles. The van der Waals surface area contributed by atoms with Crippen LogP contribution in [0.5, 0.6) is 11.5 Å². The second kappa shape index (κ2) is 8.81. The Morgan fingerprint density at radius 3 is 2.42 bits per heavy atom. The van der Waals surface area contributed by atoms with E-state index < -0.39 is 5.97 Å². The molecule has 1 amide bonds. The van der Waals surface area contributed by atoms with Gasteiger partial charge in [-0.2, -0.15) is 0 Å². The molecule has 0 radical (unpaired) electrons. The highest BCUT2D eigenvalue weighted by Gasteiger charge is 2.34. The van der Waals surface area contributed by atoms with Gasteiger partial charge in [0, 0.05) is 22.8 Å². The van der Waals surface area contributed by atoms with Crippen LogP contribution in [0.15, 0.2) is 48.5 Å². The van der Waals surface area contributed by atoms with Gasteiger partial charge in [0.15, 0.2) is 0 Å². The molecule has 7 heteroatoms. The lowest BCUT2D eigenvalue weighted by Crippen LogP contribution is -2.22. The Morgan fingerprint density at radius 2 is 1.81 bits per heavy atom. The monoisotopic (exact) mass is 437 g/mol. The van der Waals surface area contributed by atoms with Gasteiger partial charge in [-0.05, 0) is 41.8 Å². The van der Waals surface area contributed by atoms with E-state index in [0.717, 1.165) is 28.2 Å². The van der Waals surface area contributed by atoms with Crippen LogP contribution in [0, 0.1) is 0 Å². The zero-order valence-corrected chi connectivity index (χ0v) is 18.1. The molecule has 0 bridgehead atoms. The zero-order valence-electron chi connectivity index (χ0n) is 17.3. The molecule has 1 unspecified atom stereocenters. The molecule has 1 aliphatic heterocycles. The summed E-state index contributed by atoms with van der Waals surface area (Å²) in [6.07, 6.45) is 1.19. The summed E-state index contributed by atoms with van der Waals surface area (Å²) in [5.74, 6) is 0.105. The number of hydrogen-bond acceptors (Lipinski definition) is 5. The van der Waals surface area contributed by atoms with Gasteiger partial charge >= 0.3 is 5.97 Å². The number of nitrogens with one attached hydrogen (secondary N) is 1. The number of aromatic carboxylic acids is 1. The molecule has 0 fully saturated rings. The van der Waals surface area contributed by atoms with Crippen LogP contribution in [0.1, 0.15) is 45.8 Å². The second-order valence-electron chi connectivity index (χ2n) is 7.30. The molecule has 0 saturated heterocycles. The van der Waals surface area contributed by atoms with Crippen LogP contribution in [0.2, 0.25) is 0 Å². The summed E-state index contributed by atoms with van der Waals surface area (Å²) in [5.41, 5.74) is 2.80. The normalized spacial score (nSPS) is 15.2. The highest BCUT2D eigenvalue weighted by Crippen LogP contribution is 2.49. The van der Waals surface area contributed by atoms with Crippen molar-refractivity contribution in [2.75, 3.05) is 19.0 Å². The Labute approximate surface area is 184 Å². The van der Waals surface area contributed by atoms with Gasteiger partial charge in [-0.15, -0.1) is 11.3 Å². The van der Waals surface area contributed by atoms with Crippen molar-refractivity contribution >= 4 is 28.9 Å². The summed E-state index contributed by atoms with van der Waals surface area (Å²) >= 11 is 1.22. The highest BCUT2D eigenvalue weighted by atomic mass is 32.1. The van der Waals surface area contributed by atoms with Crippen molar-refractivity contribution in [2.45, 2.75) is 25.7 Å². The lowest BCUT2D eigenvalue weighted by molar-refractivity contribution is -0.116. The number of thiophene rings is 1. The van der Waals surface area contributed by atoms with Crippen molar-refractivity contribution in [1.29, 1.82) is 0 Å². The van der Waals surface area contributed by atoms with Crippen LogP contribution in [0.3, 0.4) is 0 Å². The quantitative estimate of drug-likeness (QED) is 0.518. The summed E-state index contributed by atoms with van der Waals surface area (Å²) in [5, 5.41) is 12.8. The first-order valence-corrected chi connectivity index (χ1v) is 10.9. The third-order valence-electron chi connectivity index (χ3n) is 5.23. The predicted molar refractivity (Wildman–Crippen MR) is 121 cm³/mol. The van der Waals surface area contributed by atoms with E-state index in [1.807, 2.05) is 43.3 Å². The number of fused-ring (bicyclic) bond motifs is 1. The topological polar surface area (TPSA) is 84.9 Å². The van der Waals surface area contributed by atoms with Crippen molar-refractivity contribution in [2.24, 2.45) is 0 Å². The van der Waals surface area contributed by atoms with E-state index in [2.05, 4.69) is 5.32 Å². The molecular formula is C24H23NO5S. The number of hydrogen-bond donors (Lipinski definition) is 2. The maximum atomic E-state index is 12.6. The fourth-order valence-electron chi connectivity index (χ4n) is 3.76. The number of carboxylic acids is 1. The smallest absolute Gasteiger partial charge is 0.346 e. The predicted octanol–water partition coefficient (Wildman–Crippen LogP) is 5.38. The lowest BCUT2D eigenvalue weighted by Gasteiger charge is -2.24. The molecule has 4 rings (SSSR count). The van der Waals surface area contributed by atoms with Gasteiger partial charge in [-0.3, -0.25) is 4.79 Å². The first kappa shape index (κ1) is 20.9. The van der Waals surface area contributed by atoms with Gasteiger partial charge < -0.3 is 19.9 Å². The van der Waals surface area contributed by atoms with Crippen LogP contribution in [-0.4, -0.2) is 30.7 Å². The molecule has 6 nitrogen and oxygen atoms in total. The van der Waals surface area contributed by atoms with Crippen molar-refractivity contribution in [3.8, 4) is 22.6 Å². The molecule has 1 aliphatic rings. The van der Waals surface area contributed by atoms with E-state index in [0.29, 0.717) is 23.6 Å². The minimum Gasteiger partial charge on any atom is -0.497 e. The number of rotatable bonds is 7. The fraction of sp³-hybridized carbons (Fsp3) is 0.250. The average molecular weight is 438 g/mol. The number of amides is 1. The third kappa shape index (κ3) is 4.14. The molecule has 0 aliphatic carbocycles. The first-order chi connectivity index (χ1) is 15.0. The van der Waals surface area contributed by atoms with Crippen molar-refractivity contribution in [3.05, 3.63) is 63.8 Å². The van der Waals surface area contributed by atoms with Gasteiger partial charge in [-0.25, -0.2) is 4.79 Å². The Kier molecular flexibility index (Phi) is 5.95. The summed E-state index contributed by atoms with van der Waals surface area (Å²) in [4.78, 5) is 25.7. The largest absolute Gasteiger partial charge is 0.497 e. The molecule has 3 aromatic rings. The third-order valence-corrected chi connectivity index (χ3v) is 6.53. The molecule has 160 valence electrons. The van der Waals surface area contributed by atoms with E-state index in [4.69, 9.17) is 9.47 Å². The molecule has 31 heavy (non-hydrogen) atoms. The SMILES string of the molecule is CCCOc1ccc(C2CC(=O)Nc3c2sc(C(=O)O)c3-c2ccc(OC)cc2)cc1. The molecular weight excluding hydrogens is 414 g/mol. The highest BCUT2D eigenvalue weighted by molar-refractivity contribution is 7.15. The molecule has 2 N–H and O–H groups in total. The average Bonchev–Trinajstić information content (AvgIpc) is 3.17. The van der Waals surface area contributed by atoms with E-state index in [1.165, 1.54) is 11.3 Å². The molecule has 0 saturated carbocycles. The van der Waals surface area contributed by atoms with Crippen LogP contribution < -0.4 is 14.8 Å². The molecule has 1 aromatic heterocycles. The second-order valence-corrected chi connectivity index (χ2v) is 8.35. The van der Waals surface area contributed by atoms with Gasteiger partial charge in [0.05, 0.1) is 19.4 Å². The Bertz CT molecular complexity index is 1100. The summed E-state index contributed by atoms with van der Waals surface area (Å²) in [6, 6.07) is 14.9. The number of carboxylic acid groups (broad SMARTS) is 1. The maximum absolute atomic E-state index is 12.6. The number of methoxy groups -OCH3 is 1. The van der Waals surface area contributed by atoms with Crippen molar-refractivity contribution < 1.29 is 24.2 Å². The zero-order chi connectivity index (χ0) is 22.0. The van der Waals surface area contributed by atoms with Gasteiger partial charge in [0.25, 0.3) is 0 Å². The molecule has 1 atom stereocenters. The summed E-state index contributed by atoms with van der Waals surface area (Å²) in [6.45, 7) is 2.70. The fourth-order valence-corrected chi connectivity index (χ4v) is 5.00. The number of carbonyl (C=O) groups is 2. The van der Waals surface area contributed by atoms with Crippen molar-refractivity contribution in [3.63, 3.8) is 0 Å². The van der Waals surface area contributed by atoms with E-state index in [1.54, 1.807) is 19.2 Å². The van der Waals surface area contributed by atoms with Crippen molar-refractivity contribution in [1.82, 2.24) is 0 Å². The standard InChI is InChI=1S/C24H23NO5S/c1-3-12-30-17-10-4-14(5-11-17)18-13-19(26)25-21-20(23(24(27)28)31-22(18)21)15-6-8-16(29-2)9-7-15/h4-11,18H,3,12-13H2,1-2H3,(H,25,26)(H,27,28). The first-order valence-electron chi connectivity index (χ1n) is 10.1. The van der Waals surface area contributed by atoms with Gasteiger partial charge in [-0.1, -0.05) is 31.2 Å². The van der Waals surface area contributed by atoms with Gasteiger partial charge in [0.2, 0.25) is 5.91 Å². The van der Waals surface area contributed by atoms with E-state index >= 15 is 0 Å². The summed E-state index contributed by atoms with van der Waals surface area (Å²) < 4.78 is 10.9. The lowest BCUT2D eigenvalue weighted by atomic mass is 9.88. The number of benzene rings is 2. The minimum absolute atomic E-state index is 0.131. The van der Waals surface area contributed by atoms with Gasteiger partial charge in [0.1, 0.15) is 16.4 Å². The Balaban J connectivity index is 1.78. The van der Waals surface area contributed by atoms with Crippen LogP contribution in [0.25, 0.3) is 11.1 Å². The summed E-state index contributed by atoms with van der Waals surface area (Å²) in [7, 11) is 1.58. The number of ether oxygens (including phenoxy) is 2. The minimum atomic E-state index is -1.01. The van der Waals surface area contributed by atoms with Crippen LogP contribution in [-0.2, 0) is 4.79 Å². The van der Waals surface area contributed by atoms with E-state index in [-0.39, 0.29) is 23.1 Å². The molecule has 2 heterocycles. The Hall–Kier alpha value is -3.32. The maximum Gasteiger partial charge on any atom is 0.346 e. The Morgan fingerprint density at radius 1 is 1.13 bits per heavy atom. The van der Waals surface area contributed by atoms with E-state index in [9.17, 15) is 14.7 Å². The van der Waals surface area contributed by atoms with Crippen LogP contribution in [0.4, 0.5) is 5.69 Å². The number of carbonyl (C=O) groups excluding carboxylic acids is 1. The number of anilines is 1.